The summed E-state index contributed by atoms with van der Waals surface area (Å²) >= 11 is 0. The Bertz CT molecular complexity index is 376. The molecule has 0 aliphatic heterocycles. The van der Waals surface area contributed by atoms with Gasteiger partial charge in [-0.1, -0.05) is 13.8 Å². The molecular formula is C11H18N2O3S. The predicted octanol–water partition coefficient (Wildman–Crippen LogP) is 1.13. The predicted molar refractivity (Wildman–Crippen MR) is 66.1 cm³/mol. The molecule has 96 valence electrons. The van der Waals surface area contributed by atoms with Gasteiger partial charge in [-0.05, 0) is 12.3 Å². The van der Waals surface area contributed by atoms with Crippen LogP contribution in [0.25, 0.3) is 0 Å². The average Bonchev–Trinajstić information content (AvgIpc) is 2.69. The van der Waals surface area contributed by atoms with Crippen LogP contribution in [-0.4, -0.2) is 35.8 Å². The first-order chi connectivity index (χ1) is 8.02. The molecule has 0 aliphatic rings. The zero-order chi connectivity index (χ0) is 12.8. The van der Waals surface area contributed by atoms with E-state index in [9.17, 15) is 9.00 Å². The van der Waals surface area contributed by atoms with Crippen LogP contribution < -0.4 is 0 Å². The van der Waals surface area contributed by atoms with Crippen LogP contribution >= 0.6 is 0 Å². The van der Waals surface area contributed by atoms with Crippen molar-refractivity contribution < 1.29 is 14.1 Å². The second-order valence-corrected chi connectivity index (χ2v) is 5.92. The lowest BCUT2D eigenvalue weighted by Gasteiger charge is -2.15. The first-order valence-corrected chi connectivity index (χ1v) is 6.96. The van der Waals surface area contributed by atoms with Gasteiger partial charge in [-0.2, -0.15) is 0 Å². The third-order valence-electron chi connectivity index (χ3n) is 2.45. The van der Waals surface area contributed by atoms with Crippen LogP contribution in [0, 0.1) is 5.92 Å². The van der Waals surface area contributed by atoms with Crippen molar-refractivity contribution in [2.45, 2.75) is 32.1 Å². The fourth-order valence-electron chi connectivity index (χ4n) is 1.64. The largest absolute Gasteiger partial charge is 0.480 e. The third-order valence-corrected chi connectivity index (χ3v) is 4.46. The van der Waals surface area contributed by atoms with E-state index in [0.717, 1.165) is 6.54 Å². The number of imidazole rings is 1. The zero-order valence-corrected chi connectivity index (χ0v) is 10.9. The highest BCUT2D eigenvalue weighted by atomic mass is 32.2. The molecule has 0 saturated heterocycles. The molecule has 1 N–H and O–H groups in total. The monoisotopic (exact) mass is 258 g/mol. The van der Waals surface area contributed by atoms with Crippen molar-refractivity contribution in [3.8, 4) is 0 Å². The van der Waals surface area contributed by atoms with E-state index in [2.05, 4.69) is 4.98 Å². The Balaban J connectivity index is 2.40. The minimum absolute atomic E-state index is 0.110. The van der Waals surface area contributed by atoms with Crippen LogP contribution in [-0.2, 0) is 22.1 Å². The molecule has 1 aromatic heterocycles. The van der Waals surface area contributed by atoms with Gasteiger partial charge in [-0.15, -0.1) is 0 Å². The summed E-state index contributed by atoms with van der Waals surface area (Å²) < 4.78 is 13.8. The number of aromatic nitrogens is 2. The number of rotatable bonds is 7. The van der Waals surface area contributed by atoms with E-state index in [1.807, 2.05) is 10.8 Å². The van der Waals surface area contributed by atoms with Crippen molar-refractivity contribution >= 4 is 16.8 Å². The number of carboxylic acid groups (broad SMARTS) is 1. The maximum absolute atomic E-state index is 11.9. The van der Waals surface area contributed by atoms with Crippen LogP contribution in [0.15, 0.2) is 18.7 Å². The van der Waals surface area contributed by atoms with Crippen molar-refractivity contribution in [2.24, 2.45) is 5.92 Å². The number of aryl methyl sites for hydroxylation is 1. The Morgan fingerprint density at radius 1 is 1.53 bits per heavy atom. The van der Waals surface area contributed by atoms with E-state index in [1.165, 1.54) is 0 Å². The highest BCUT2D eigenvalue weighted by Crippen LogP contribution is 2.11. The van der Waals surface area contributed by atoms with Crippen LogP contribution in [0.1, 0.15) is 20.3 Å². The van der Waals surface area contributed by atoms with Gasteiger partial charge in [-0.25, -0.2) is 4.98 Å². The van der Waals surface area contributed by atoms with Crippen LogP contribution in [0.3, 0.4) is 0 Å². The molecule has 2 atom stereocenters. The molecule has 0 saturated carbocycles. The molecule has 1 heterocycles. The summed E-state index contributed by atoms with van der Waals surface area (Å²) in [7, 11) is -1.31. The lowest BCUT2D eigenvalue weighted by Crippen LogP contribution is -2.32. The minimum atomic E-state index is -1.31. The summed E-state index contributed by atoms with van der Waals surface area (Å²) in [6.45, 7) is 4.29. The topological polar surface area (TPSA) is 72.2 Å². The SMILES string of the molecule is CC(C)C(C(=O)O)S(=O)CCCn1ccnc1. The van der Waals surface area contributed by atoms with E-state index in [1.54, 1.807) is 26.4 Å². The molecular weight excluding hydrogens is 240 g/mol. The molecule has 0 spiro atoms. The molecule has 0 fully saturated rings. The Labute approximate surface area is 103 Å². The summed E-state index contributed by atoms with van der Waals surface area (Å²) in [5.74, 6) is -0.671. The van der Waals surface area contributed by atoms with Crippen LogP contribution in [0.5, 0.6) is 0 Å². The molecule has 6 heteroatoms. The van der Waals surface area contributed by atoms with Gasteiger partial charge >= 0.3 is 5.97 Å². The Morgan fingerprint density at radius 3 is 2.71 bits per heavy atom. The summed E-state index contributed by atoms with van der Waals surface area (Å²) in [6, 6.07) is 0. The van der Waals surface area contributed by atoms with E-state index in [4.69, 9.17) is 5.11 Å². The van der Waals surface area contributed by atoms with Crippen molar-refractivity contribution in [3.63, 3.8) is 0 Å². The minimum Gasteiger partial charge on any atom is -0.480 e. The molecule has 2 unspecified atom stereocenters. The summed E-state index contributed by atoms with van der Waals surface area (Å²) in [6.07, 6.45) is 5.91. The standard InChI is InChI=1S/C11H18N2O3S/c1-9(2)10(11(14)15)17(16)7-3-5-13-6-4-12-8-13/h4,6,8-10H,3,5,7H2,1-2H3,(H,14,15). The summed E-state index contributed by atoms with van der Waals surface area (Å²) in [5, 5.41) is 8.22. The van der Waals surface area contributed by atoms with Crippen molar-refractivity contribution in [1.29, 1.82) is 0 Å². The maximum atomic E-state index is 11.9. The van der Waals surface area contributed by atoms with Crippen molar-refractivity contribution in [3.05, 3.63) is 18.7 Å². The van der Waals surface area contributed by atoms with Gasteiger partial charge in [0.2, 0.25) is 0 Å². The average molecular weight is 258 g/mol. The van der Waals surface area contributed by atoms with E-state index < -0.39 is 22.0 Å². The molecule has 0 radical (unpaired) electrons. The van der Waals surface area contributed by atoms with Gasteiger partial charge in [0.05, 0.1) is 6.33 Å². The lowest BCUT2D eigenvalue weighted by molar-refractivity contribution is -0.137. The van der Waals surface area contributed by atoms with Crippen molar-refractivity contribution in [2.75, 3.05) is 5.75 Å². The van der Waals surface area contributed by atoms with E-state index in [0.29, 0.717) is 12.2 Å². The molecule has 0 aliphatic carbocycles. The number of nitrogens with zero attached hydrogens (tertiary/aromatic N) is 2. The number of carbonyl (C=O) groups is 1. The van der Waals surface area contributed by atoms with E-state index in [-0.39, 0.29) is 5.92 Å². The van der Waals surface area contributed by atoms with Crippen molar-refractivity contribution in [1.82, 2.24) is 9.55 Å². The fraction of sp³-hybridized carbons (Fsp3) is 0.636. The zero-order valence-electron chi connectivity index (χ0n) is 10.1. The summed E-state index contributed by atoms with van der Waals surface area (Å²) in [5.41, 5.74) is 0. The second kappa shape index (κ2) is 6.54. The Kier molecular flexibility index (Phi) is 5.34. The van der Waals surface area contributed by atoms with Gasteiger partial charge in [0.1, 0.15) is 5.25 Å². The van der Waals surface area contributed by atoms with Crippen LogP contribution in [0.4, 0.5) is 0 Å². The molecule has 1 aromatic rings. The van der Waals surface area contributed by atoms with Gasteiger partial charge < -0.3 is 9.67 Å². The van der Waals surface area contributed by atoms with Gasteiger partial charge in [0.15, 0.2) is 0 Å². The molecule has 0 amide bonds. The molecule has 0 aromatic carbocycles. The fourth-order valence-corrected chi connectivity index (χ4v) is 3.14. The second-order valence-electron chi connectivity index (χ2n) is 4.24. The highest BCUT2D eigenvalue weighted by molar-refractivity contribution is 7.86. The smallest absolute Gasteiger partial charge is 0.319 e. The summed E-state index contributed by atoms with van der Waals surface area (Å²) in [4.78, 5) is 14.9. The molecule has 17 heavy (non-hydrogen) atoms. The van der Waals surface area contributed by atoms with E-state index >= 15 is 0 Å². The van der Waals surface area contributed by atoms with Gasteiger partial charge in [0, 0.05) is 35.5 Å². The first kappa shape index (κ1) is 13.9. The molecule has 1 rings (SSSR count). The number of hydrogen-bond donors (Lipinski definition) is 1. The highest BCUT2D eigenvalue weighted by Gasteiger charge is 2.27. The normalized spacial score (nSPS) is 14.8. The number of aliphatic carboxylic acids is 1. The quantitative estimate of drug-likeness (QED) is 0.795. The molecule has 0 bridgehead atoms. The Hall–Kier alpha value is -1.17. The lowest BCUT2D eigenvalue weighted by atomic mass is 10.1. The number of carboxylic acids is 1. The van der Waals surface area contributed by atoms with Gasteiger partial charge in [0.25, 0.3) is 0 Å². The maximum Gasteiger partial charge on any atom is 0.319 e. The Morgan fingerprint density at radius 2 is 2.24 bits per heavy atom. The third kappa shape index (κ3) is 4.30. The number of hydrogen-bond acceptors (Lipinski definition) is 3. The first-order valence-electron chi connectivity index (χ1n) is 5.58. The molecule has 5 nitrogen and oxygen atoms in total. The van der Waals surface area contributed by atoms with Gasteiger partial charge in [-0.3, -0.25) is 9.00 Å². The van der Waals surface area contributed by atoms with Crippen LogP contribution in [0.2, 0.25) is 0 Å².